The monoisotopic (exact) mass is 702 g/mol. The lowest BCUT2D eigenvalue weighted by Gasteiger charge is -2.13. The van der Waals surface area contributed by atoms with Crippen LogP contribution in [0.15, 0.2) is 211 Å². The van der Waals surface area contributed by atoms with E-state index in [4.69, 9.17) is 14.4 Å². The highest BCUT2D eigenvalue weighted by Crippen LogP contribution is 2.41. The third-order valence-electron chi connectivity index (χ3n) is 10.3. The summed E-state index contributed by atoms with van der Waals surface area (Å²) in [6, 6.07) is 72.1. The zero-order chi connectivity index (χ0) is 36.6. The minimum Gasteiger partial charge on any atom is -0.456 e. The Morgan fingerprint density at radius 3 is 1.25 bits per heavy atom. The highest BCUT2D eigenvalue weighted by molar-refractivity contribution is 6.13. The lowest BCUT2D eigenvalue weighted by Crippen LogP contribution is -1.96. The molecule has 0 bridgehead atoms. The summed E-state index contributed by atoms with van der Waals surface area (Å²) in [6.07, 6.45) is 0. The molecule has 10 aromatic rings. The molecule has 3 heteroatoms. The Bertz CT molecular complexity index is 2920. The third-order valence-corrected chi connectivity index (χ3v) is 10.3. The molecule has 258 valence electrons. The summed E-state index contributed by atoms with van der Waals surface area (Å²) in [5.41, 5.74) is 15.6. The average molecular weight is 703 g/mol. The molecular weight excluding hydrogens is 669 g/mol. The molecule has 0 fully saturated rings. The van der Waals surface area contributed by atoms with Crippen molar-refractivity contribution < 1.29 is 4.42 Å². The van der Waals surface area contributed by atoms with Crippen molar-refractivity contribution >= 4 is 21.9 Å². The lowest BCUT2D eigenvalue weighted by atomic mass is 9.95. The molecule has 55 heavy (non-hydrogen) atoms. The second-order valence-electron chi connectivity index (χ2n) is 13.8. The fraction of sp³-hybridized carbons (Fsp3) is 0. The van der Waals surface area contributed by atoms with Crippen molar-refractivity contribution in [2.75, 3.05) is 0 Å². The predicted octanol–water partition coefficient (Wildman–Crippen LogP) is 14.0. The first-order chi connectivity index (χ1) is 27.2. The second-order valence-corrected chi connectivity index (χ2v) is 13.8. The van der Waals surface area contributed by atoms with Crippen molar-refractivity contribution in [3.05, 3.63) is 206 Å². The van der Waals surface area contributed by atoms with E-state index >= 15 is 0 Å². The average Bonchev–Trinajstić information content (AvgIpc) is 3.66. The van der Waals surface area contributed by atoms with Gasteiger partial charge in [0, 0.05) is 27.5 Å². The van der Waals surface area contributed by atoms with Crippen molar-refractivity contribution in [1.29, 1.82) is 0 Å². The maximum Gasteiger partial charge on any atom is 0.160 e. The van der Waals surface area contributed by atoms with Crippen molar-refractivity contribution in [3.8, 4) is 78.4 Å². The Morgan fingerprint density at radius 2 is 0.709 bits per heavy atom. The van der Waals surface area contributed by atoms with Gasteiger partial charge in [0.05, 0.1) is 11.4 Å². The number of furan rings is 1. The van der Waals surface area contributed by atoms with Crippen LogP contribution in [0.3, 0.4) is 0 Å². The molecule has 0 saturated heterocycles. The van der Waals surface area contributed by atoms with Gasteiger partial charge in [-0.2, -0.15) is 0 Å². The number of rotatable bonds is 7. The first-order valence-electron chi connectivity index (χ1n) is 18.6. The van der Waals surface area contributed by atoms with Crippen LogP contribution in [0, 0.1) is 0 Å². The van der Waals surface area contributed by atoms with Gasteiger partial charge in [-0.05, 0) is 68.8 Å². The van der Waals surface area contributed by atoms with Gasteiger partial charge in [0.2, 0.25) is 0 Å². The van der Waals surface area contributed by atoms with Crippen LogP contribution in [0.2, 0.25) is 0 Å². The molecular formula is C52H34N2O. The topological polar surface area (TPSA) is 38.9 Å². The largest absolute Gasteiger partial charge is 0.456 e. The zero-order valence-corrected chi connectivity index (χ0v) is 29.9. The van der Waals surface area contributed by atoms with Gasteiger partial charge in [0.15, 0.2) is 5.82 Å². The molecule has 10 rings (SSSR count). The van der Waals surface area contributed by atoms with Crippen LogP contribution in [0.5, 0.6) is 0 Å². The summed E-state index contributed by atoms with van der Waals surface area (Å²) >= 11 is 0. The number of fused-ring (bicyclic) bond motifs is 3. The van der Waals surface area contributed by atoms with Gasteiger partial charge in [0.1, 0.15) is 11.2 Å². The van der Waals surface area contributed by atoms with Crippen molar-refractivity contribution in [1.82, 2.24) is 9.97 Å². The van der Waals surface area contributed by atoms with Gasteiger partial charge < -0.3 is 4.42 Å². The summed E-state index contributed by atoms with van der Waals surface area (Å²) in [6.45, 7) is 0. The van der Waals surface area contributed by atoms with E-state index in [0.717, 1.165) is 72.3 Å². The minimum absolute atomic E-state index is 0.667. The molecule has 0 aliphatic heterocycles. The second kappa shape index (κ2) is 13.9. The van der Waals surface area contributed by atoms with Gasteiger partial charge in [-0.25, -0.2) is 9.97 Å². The molecule has 0 N–H and O–H groups in total. The standard InChI is InChI=1S/C52H34N2O/c1-4-12-35(13-5-1)37-20-22-39(23-21-37)40-28-30-43(31-29-40)52-53-47(42-16-8-3-9-17-42)34-48(54-52)46-32-44(33-50-51(46)45-18-10-11-19-49(45)55-50)41-26-24-38(25-27-41)36-14-6-2-7-15-36/h1-34H. The first kappa shape index (κ1) is 32.3. The highest BCUT2D eigenvalue weighted by Gasteiger charge is 2.19. The molecule has 0 aliphatic rings. The van der Waals surface area contributed by atoms with Crippen molar-refractivity contribution in [3.63, 3.8) is 0 Å². The predicted molar refractivity (Wildman–Crippen MR) is 227 cm³/mol. The Labute approximate surface area is 319 Å². The quantitative estimate of drug-likeness (QED) is 0.166. The third kappa shape index (κ3) is 6.28. The van der Waals surface area contributed by atoms with E-state index in [2.05, 4.69) is 176 Å². The Hall–Kier alpha value is -7.36. The smallest absolute Gasteiger partial charge is 0.160 e. The Balaban J connectivity index is 1.09. The van der Waals surface area contributed by atoms with Crippen LogP contribution in [0.4, 0.5) is 0 Å². The molecule has 8 aromatic carbocycles. The van der Waals surface area contributed by atoms with E-state index in [9.17, 15) is 0 Å². The SMILES string of the molecule is c1ccc(-c2ccc(-c3ccc(-c4nc(-c5ccccc5)cc(-c5cc(-c6ccc(-c7ccccc7)cc6)cc6oc7ccccc7c56)n4)cc3)cc2)cc1. The van der Waals surface area contributed by atoms with Gasteiger partial charge in [-0.15, -0.1) is 0 Å². The van der Waals surface area contributed by atoms with Crippen LogP contribution in [0.1, 0.15) is 0 Å². The summed E-state index contributed by atoms with van der Waals surface area (Å²) < 4.78 is 6.54. The molecule has 0 amide bonds. The van der Waals surface area contributed by atoms with Gasteiger partial charge in [-0.1, -0.05) is 182 Å². The molecule has 0 spiro atoms. The van der Waals surface area contributed by atoms with Crippen LogP contribution in [-0.4, -0.2) is 9.97 Å². The number of hydrogen-bond donors (Lipinski definition) is 0. The summed E-state index contributed by atoms with van der Waals surface area (Å²) in [5.74, 6) is 0.667. The number of aromatic nitrogens is 2. The maximum atomic E-state index is 6.54. The molecule has 2 heterocycles. The number of benzene rings is 8. The van der Waals surface area contributed by atoms with E-state index in [0.29, 0.717) is 5.82 Å². The van der Waals surface area contributed by atoms with Crippen LogP contribution in [-0.2, 0) is 0 Å². The van der Waals surface area contributed by atoms with E-state index in [1.54, 1.807) is 0 Å². The molecule has 0 atom stereocenters. The first-order valence-corrected chi connectivity index (χ1v) is 18.6. The number of hydrogen-bond acceptors (Lipinski definition) is 3. The van der Waals surface area contributed by atoms with Crippen LogP contribution in [0.25, 0.3) is 100 Å². The van der Waals surface area contributed by atoms with E-state index in [1.165, 1.54) is 22.3 Å². The van der Waals surface area contributed by atoms with E-state index in [-0.39, 0.29) is 0 Å². The number of para-hydroxylation sites is 1. The maximum absolute atomic E-state index is 6.54. The van der Waals surface area contributed by atoms with E-state index < -0.39 is 0 Å². The van der Waals surface area contributed by atoms with Crippen molar-refractivity contribution in [2.24, 2.45) is 0 Å². The molecule has 0 unspecified atom stereocenters. The molecule has 2 aromatic heterocycles. The molecule has 0 radical (unpaired) electrons. The Morgan fingerprint density at radius 1 is 0.291 bits per heavy atom. The summed E-state index contributed by atoms with van der Waals surface area (Å²) in [7, 11) is 0. The molecule has 0 aliphatic carbocycles. The molecule has 3 nitrogen and oxygen atoms in total. The van der Waals surface area contributed by atoms with Crippen LogP contribution < -0.4 is 0 Å². The normalized spacial score (nSPS) is 11.3. The van der Waals surface area contributed by atoms with Crippen molar-refractivity contribution in [2.45, 2.75) is 0 Å². The minimum atomic E-state index is 0.667. The van der Waals surface area contributed by atoms with Gasteiger partial charge >= 0.3 is 0 Å². The Kier molecular flexibility index (Phi) is 8.16. The van der Waals surface area contributed by atoms with Crippen LogP contribution >= 0.6 is 0 Å². The fourth-order valence-corrected chi connectivity index (χ4v) is 7.48. The lowest BCUT2D eigenvalue weighted by molar-refractivity contribution is 0.669. The zero-order valence-electron chi connectivity index (χ0n) is 29.9. The van der Waals surface area contributed by atoms with Gasteiger partial charge in [-0.3, -0.25) is 0 Å². The van der Waals surface area contributed by atoms with Gasteiger partial charge in [0.25, 0.3) is 0 Å². The fourth-order valence-electron chi connectivity index (χ4n) is 7.48. The number of nitrogens with zero attached hydrogens (tertiary/aromatic N) is 2. The molecule has 0 saturated carbocycles. The highest BCUT2D eigenvalue weighted by atomic mass is 16.3. The van der Waals surface area contributed by atoms with E-state index in [1.807, 2.05) is 30.3 Å². The summed E-state index contributed by atoms with van der Waals surface area (Å²) in [5, 5.41) is 2.10. The summed E-state index contributed by atoms with van der Waals surface area (Å²) in [4.78, 5) is 10.5.